The van der Waals surface area contributed by atoms with Crippen LogP contribution < -0.4 is 10.1 Å². The number of hydrogen-bond donors (Lipinski definition) is 1. The third-order valence-electron chi connectivity index (χ3n) is 4.28. The molecule has 0 radical (unpaired) electrons. The van der Waals surface area contributed by atoms with Crippen molar-refractivity contribution in [1.29, 1.82) is 0 Å². The molecule has 1 amide bonds. The van der Waals surface area contributed by atoms with Gasteiger partial charge in [-0.2, -0.15) is 0 Å². The molecule has 2 unspecified atom stereocenters. The summed E-state index contributed by atoms with van der Waals surface area (Å²) in [5.41, 5.74) is 0.691. The van der Waals surface area contributed by atoms with E-state index < -0.39 is 0 Å². The Morgan fingerprint density at radius 2 is 2.10 bits per heavy atom. The van der Waals surface area contributed by atoms with Crippen LogP contribution in [0.25, 0.3) is 0 Å². The number of anilines is 1. The molecule has 3 nitrogen and oxygen atoms in total. The smallest absolute Gasteiger partial charge is 0.227 e. The van der Waals surface area contributed by atoms with Gasteiger partial charge < -0.3 is 10.1 Å². The van der Waals surface area contributed by atoms with Gasteiger partial charge in [-0.15, -0.1) is 0 Å². The third-order valence-corrected chi connectivity index (χ3v) is 4.51. The lowest BCUT2D eigenvalue weighted by Crippen LogP contribution is -2.22. The third kappa shape index (κ3) is 2.93. The van der Waals surface area contributed by atoms with E-state index in [1.165, 1.54) is 6.42 Å². The molecule has 0 aliphatic heterocycles. The summed E-state index contributed by atoms with van der Waals surface area (Å²) >= 11 is 6.02. The van der Waals surface area contributed by atoms with Crippen LogP contribution in [0.3, 0.4) is 0 Å². The first kappa shape index (κ1) is 13.7. The van der Waals surface area contributed by atoms with Gasteiger partial charge in [-0.05, 0) is 55.7 Å². The van der Waals surface area contributed by atoms with E-state index in [0.717, 1.165) is 31.1 Å². The Bertz CT molecular complexity index is 507. The van der Waals surface area contributed by atoms with Crippen molar-refractivity contribution in [3.63, 3.8) is 0 Å². The average molecular weight is 294 g/mol. The molecule has 2 atom stereocenters. The maximum atomic E-state index is 12.3. The summed E-state index contributed by atoms with van der Waals surface area (Å²) < 4.78 is 5.66. The van der Waals surface area contributed by atoms with Gasteiger partial charge >= 0.3 is 0 Å². The first-order chi connectivity index (χ1) is 9.67. The lowest BCUT2D eigenvalue weighted by molar-refractivity contribution is -0.120. The lowest BCUT2D eigenvalue weighted by Gasteiger charge is -2.16. The minimum Gasteiger partial charge on any atom is -0.491 e. The highest BCUT2D eigenvalue weighted by Gasteiger charge is 2.48. The van der Waals surface area contributed by atoms with Crippen LogP contribution in [0.2, 0.25) is 5.02 Å². The maximum absolute atomic E-state index is 12.3. The fourth-order valence-electron chi connectivity index (χ4n) is 3.10. The molecular formula is C16H20ClNO2. The molecular weight excluding hydrogens is 274 g/mol. The number of nitrogens with one attached hydrogen (secondary N) is 1. The molecule has 0 saturated heterocycles. The van der Waals surface area contributed by atoms with Gasteiger partial charge in [0.15, 0.2) is 0 Å². The van der Waals surface area contributed by atoms with E-state index in [-0.39, 0.29) is 11.8 Å². The van der Waals surface area contributed by atoms with E-state index in [2.05, 4.69) is 12.2 Å². The molecule has 0 bridgehead atoms. The summed E-state index contributed by atoms with van der Waals surface area (Å²) in [6, 6.07) is 5.37. The highest BCUT2D eigenvalue weighted by molar-refractivity contribution is 6.31. The van der Waals surface area contributed by atoms with Crippen molar-refractivity contribution in [1.82, 2.24) is 0 Å². The Hall–Kier alpha value is -1.22. The van der Waals surface area contributed by atoms with Crippen molar-refractivity contribution in [3.8, 4) is 5.75 Å². The zero-order chi connectivity index (χ0) is 14.1. The Kier molecular flexibility index (Phi) is 3.88. The summed E-state index contributed by atoms with van der Waals surface area (Å²) in [6.45, 7) is 2.69. The second-order valence-electron chi connectivity index (χ2n) is 5.90. The number of carbonyl (C=O) groups is 1. The summed E-state index contributed by atoms with van der Waals surface area (Å²) in [4.78, 5) is 12.3. The fraction of sp³-hybridized carbons (Fsp3) is 0.562. The van der Waals surface area contributed by atoms with E-state index in [0.29, 0.717) is 23.1 Å². The van der Waals surface area contributed by atoms with Gasteiger partial charge in [0, 0.05) is 10.9 Å². The molecule has 2 aliphatic rings. The summed E-state index contributed by atoms with van der Waals surface area (Å²) in [6.07, 6.45) is 4.35. The van der Waals surface area contributed by atoms with E-state index in [1.54, 1.807) is 12.1 Å². The first-order valence-corrected chi connectivity index (χ1v) is 7.78. The molecule has 2 aliphatic carbocycles. The van der Waals surface area contributed by atoms with Crippen molar-refractivity contribution in [2.75, 3.05) is 11.9 Å². The van der Waals surface area contributed by atoms with E-state index in [1.807, 2.05) is 6.07 Å². The van der Waals surface area contributed by atoms with Gasteiger partial charge in [-0.25, -0.2) is 0 Å². The molecule has 108 valence electrons. The zero-order valence-electron chi connectivity index (χ0n) is 11.7. The molecule has 2 fully saturated rings. The van der Waals surface area contributed by atoms with Gasteiger partial charge in [-0.3, -0.25) is 4.79 Å². The van der Waals surface area contributed by atoms with Crippen molar-refractivity contribution >= 4 is 23.2 Å². The molecule has 0 spiro atoms. The number of ether oxygens (including phenoxy) is 1. The molecule has 0 aromatic heterocycles. The van der Waals surface area contributed by atoms with E-state index in [9.17, 15) is 4.79 Å². The number of hydrogen-bond acceptors (Lipinski definition) is 2. The number of amides is 1. The predicted molar refractivity (Wildman–Crippen MR) is 80.2 cm³/mol. The summed E-state index contributed by atoms with van der Waals surface area (Å²) in [7, 11) is 0. The highest BCUT2D eigenvalue weighted by atomic mass is 35.5. The molecule has 20 heavy (non-hydrogen) atoms. The monoisotopic (exact) mass is 293 g/mol. The largest absolute Gasteiger partial charge is 0.491 e. The van der Waals surface area contributed by atoms with E-state index in [4.69, 9.17) is 16.3 Å². The maximum Gasteiger partial charge on any atom is 0.227 e. The van der Waals surface area contributed by atoms with Crippen LogP contribution >= 0.6 is 11.6 Å². The van der Waals surface area contributed by atoms with Crippen LogP contribution in [0.5, 0.6) is 5.75 Å². The molecule has 1 aromatic rings. The molecule has 0 heterocycles. The van der Waals surface area contributed by atoms with Crippen LogP contribution in [0.1, 0.15) is 32.6 Å². The van der Waals surface area contributed by atoms with E-state index >= 15 is 0 Å². The van der Waals surface area contributed by atoms with Gasteiger partial charge in [0.2, 0.25) is 5.91 Å². The van der Waals surface area contributed by atoms with Crippen LogP contribution in [-0.2, 0) is 4.79 Å². The predicted octanol–water partition coefficient (Wildman–Crippen LogP) is 4.11. The fourth-order valence-corrected chi connectivity index (χ4v) is 3.27. The topological polar surface area (TPSA) is 38.3 Å². The Morgan fingerprint density at radius 3 is 2.80 bits per heavy atom. The minimum absolute atomic E-state index is 0.112. The Balaban J connectivity index is 1.68. The van der Waals surface area contributed by atoms with Gasteiger partial charge in [0.05, 0.1) is 12.3 Å². The SMILES string of the molecule is CCCOc1ccc(Cl)cc1NC(=O)C1CC2CC2C1. The number of benzene rings is 1. The highest BCUT2D eigenvalue weighted by Crippen LogP contribution is 2.54. The molecule has 1 aromatic carbocycles. The Morgan fingerprint density at radius 1 is 1.35 bits per heavy atom. The second-order valence-corrected chi connectivity index (χ2v) is 6.34. The normalized spacial score (nSPS) is 27.0. The number of halogens is 1. The lowest BCUT2D eigenvalue weighted by atomic mass is 10.0. The molecule has 4 heteroatoms. The number of rotatable bonds is 5. The van der Waals surface area contributed by atoms with Crippen molar-refractivity contribution in [2.24, 2.45) is 17.8 Å². The van der Waals surface area contributed by atoms with Gasteiger partial charge in [0.25, 0.3) is 0 Å². The van der Waals surface area contributed by atoms with Crippen LogP contribution in [-0.4, -0.2) is 12.5 Å². The average Bonchev–Trinajstić information content (AvgIpc) is 3.04. The van der Waals surface area contributed by atoms with Crippen molar-refractivity contribution < 1.29 is 9.53 Å². The molecule has 1 N–H and O–H groups in total. The van der Waals surface area contributed by atoms with Gasteiger partial charge in [0.1, 0.15) is 5.75 Å². The molecule has 2 saturated carbocycles. The number of carbonyl (C=O) groups excluding carboxylic acids is 1. The zero-order valence-corrected chi connectivity index (χ0v) is 12.5. The molecule has 3 rings (SSSR count). The quantitative estimate of drug-likeness (QED) is 0.887. The van der Waals surface area contributed by atoms with Gasteiger partial charge in [-0.1, -0.05) is 18.5 Å². The first-order valence-electron chi connectivity index (χ1n) is 7.40. The standard InChI is InChI=1S/C16H20ClNO2/c1-2-5-20-15-4-3-13(17)9-14(15)18-16(19)12-7-10-6-11(10)8-12/h3-4,9-12H,2,5-8H2,1H3,(H,18,19). The van der Waals surface area contributed by atoms with Crippen LogP contribution in [0.4, 0.5) is 5.69 Å². The minimum atomic E-state index is 0.112. The van der Waals surface area contributed by atoms with Crippen LogP contribution in [0.15, 0.2) is 18.2 Å². The number of fused-ring (bicyclic) bond motifs is 1. The summed E-state index contributed by atoms with van der Waals surface area (Å²) in [5.74, 6) is 2.59. The van der Waals surface area contributed by atoms with Crippen molar-refractivity contribution in [2.45, 2.75) is 32.6 Å². The van der Waals surface area contributed by atoms with Crippen LogP contribution in [0, 0.1) is 17.8 Å². The van der Waals surface area contributed by atoms with Crippen molar-refractivity contribution in [3.05, 3.63) is 23.2 Å². The summed E-state index contributed by atoms with van der Waals surface area (Å²) in [5, 5.41) is 3.60. The Labute approximate surface area is 124 Å². The second kappa shape index (κ2) is 5.65.